The highest BCUT2D eigenvalue weighted by molar-refractivity contribution is 6.30. The van der Waals surface area contributed by atoms with Crippen LogP contribution in [0, 0.1) is 12.3 Å². The van der Waals surface area contributed by atoms with Gasteiger partial charge in [-0.1, -0.05) is 17.5 Å². The fourth-order valence-corrected chi connectivity index (χ4v) is 1.84. The van der Waals surface area contributed by atoms with Gasteiger partial charge in [-0.15, -0.1) is 6.42 Å². The average Bonchev–Trinajstić information content (AvgIpc) is 2.97. The van der Waals surface area contributed by atoms with Crippen LogP contribution in [0.4, 0.5) is 13.2 Å². The van der Waals surface area contributed by atoms with Crippen molar-refractivity contribution in [3.8, 4) is 12.3 Å². The predicted octanol–water partition coefficient (Wildman–Crippen LogP) is 3.42. The summed E-state index contributed by atoms with van der Waals surface area (Å²) in [7, 11) is 0. The summed E-state index contributed by atoms with van der Waals surface area (Å²) >= 11 is 5.78. The van der Waals surface area contributed by atoms with Gasteiger partial charge in [0.25, 0.3) is 0 Å². The van der Waals surface area contributed by atoms with E-state index in [1.54, 1.807) is 0 Å². The number of nitrogens with zero attached hydrogens (tertiary/aromatic N) is 1. The van der Waals surface area contributed by atoms with Crippen molar-refractivity contribution in [3.63, 3.8) is 0 Å². The molecule has 0 aliphatic heterocycles. The fourth-order valence-electron chi connectivity index (χ4n) is 1.56. The Labute approximate surface area is 95.6 Å². The highest BCUT2D eigenvalue weighted by Gasteiger charge is 2.45. The quantitative estimate of drug-likeness (QED) is 0.546. The predicted molar refractivity (Wildman–Crippen MR) is 54.0 cm³/mol. The number of pyridine rings is 1. The SMILES string of the molecule is C#CC1(c2cc(C(F)(F)F)cnc2Cl)CC1. The van der Waals surface area contributed by atoms with Crippen molar-refractivity contribution in [2.75, 3.05) is 0 Å². The van der Waals surface area contributed by atoms with Gasteiger partial charge in [0.1, 0.15) is 5.15 Å². The van der Waals surface area contributed by atoms with Crippen LogP contribution in [0.25, 0.3) is 0 Å². The number of alkyl halides is 3. The third-order valence-corrected chi connectivity index (χ3v) is 3.01. The summed E-state index contributed by atoms with van der Waals surface area (Å²) in [6.07, 6.45) is 2.93. The van der Waals surface area contributed by atoms with Crippen molar-refractivity contribution in [1.29, 1.82) is 0 Å². The molecular formula is C11H7ClF3N. The third-order valence-electron chi connectivity index (χ3n) is 2.71. The molecule has 16 heavy (non-hydrogen) atoms. The van der Waals surface area contributed by atoms with Crippen LogP contribution < -0.4 is 0 Å². The van der Waals surface area contributed by atoms with Gasteiger partial charge in [0, 0.05) is 11.8 Å². The van der Waals surface area contributed by atoms with Crippen LogP contribution in [0.1, 0.15) is 24.0 Å². The average molecular weight is 246 g/mol. The van der Waals surface area contributed by atoms with Gasteiger partial charge in [-0.3, -0.25) is 0 Å². The Kier molecular flexibility index (Phi) is 2.39. The minimum absolute atomic E-state index is 0.0588. The second-order valence-electron chi connectivity index (χ2n) is 3.79. The van der Waals surface area contributed by atoms with Crippen molar-refractivity contribution in [2.45, 2.75) is 24.4 Å². The molecule has 0 N–H and O–H groups in total. The maximum absolute atomic E-state index is 12.5. The van der Waals surface area contributed by atoms with Crippen molar-refractivity contribution in [3.05, 3.63) is 28.5 Å². The number of terminal acetylenes is 1. The molecule has 5 heteroatoms. The molecule has 1 fully saturated rings. The Morgan fingerprint density at radius 2 is 2.06 bits per heavy atom. The Bertz CT molecular complexity index is 469. The molecule has 0 aromatic carbocycles. The largest absolute Gasteiger partial charge is 0.417 e. The second-order valence-corrected chi connectivity index (χ2v) is 4.14. The summed E-state index contributed by atoms with van der Waals surface area (Å²) in [5.74, 6) is 2.50. The van der Waals surface area contributed by atoms with Gasteiger partial charge in [0.2, 0.25) is 0 Å². The summed E-state index contributed by atoms with van der Waals surface area (Å²) in [5, 5.41) is 0.0588. The van der Waals surface area contributed by atoms with Gasteiger partial charge in [0.05, 0.1) is 11.0 Å². The molecule has 84 valence electrons. The fraction of sp³-hybridized carbons (Fsp3) is 0.364. The third kappa shape index (κ3) is 1.76. The first-order chi connectivity index (χ1) is 7.39. The van der Waals surface area contributed by atoms with E-state index in [0.29, 0.717) is 18.4 Å². The zero-order valence-electron chi connectivity index (χ0n) is 8.11. The Morgan fingerprint density at radius 3 is 2.50 bits per heavy atom. The number of aromatic nitrogens is 1. The van der Waals surface area contributed by atoms with E-state index in [4.69, 9.17) is 18.0 Å². The summed E-state index contributed by atoms with van der Waals surface area (Å²) in [6.45, 7) is 0. The zero-order chi connectivity index (χ0) is 12.0. The van der Waals surface area contributed by atoms with Crippen molar-refractivity contribution >= 4 is 11.6 Å². The van der Waals surface area contributed by atoms with E-state index in [-0.39, 0.29) is 5.15 Å². The summed E-state index contributed by atoms with van der Waals surface area (Å²) in [5.41, 5.74) is -1.13. The normalized spacial score (nSPS) is 17.9. The van der Waals surface area contributed by atoms with Crippen LogP contribution in [-0.2, 0) is 11.6 Å². The molecule has 0 bridgehead atoms. The van der Waals surface area contributed by atoms with E-state index in [1.807, 2.05) is 0 Å². The first kappa shape index (κ1) is 11.3. The van der Waals surface area contributed by atoms with Gasteiger partial charge in [-0.25, -0.2) is 4.98 Å². The molecule has 0 amide bonds. The Balaban J connectivity index is 2.51. The lowest BCUT2D eigenvalue weighted by Crippen LogP contribution is -2.11. The van der Waals surface area contributed by atoms with E-state index < -0.39 is 17.2 Å². The van der Waals surface area contributed by atoms with Gasteiger partial charge in [-0.05, 0) is 18.9 Å². The monoisotopic (exact) mass is 245 g/mol. The van der Waals surface area contributed by atoms with E-state index >= 15 is 0 Å². The Hall–Kier alpha value is -1.21. The van der Waals surface area contributed by atoms with Crippen molar-refractivity contribution in [2.24, 2.45) is 0 Å². The molecule has 0 saturated heterocycles. The molecular weight excluding hydrogens is 239 g/mol. The first-order valence-corrected chi connectivity index (χ1v) is 4.98. The van der Waals surface area contributed by atoms with Crippen LogP contribution in [0.15, 0.2) is 12.3 Å². The van der Waals surface area contributed by atoms with Gasteiger partial charge < -0.3 is 0 Å². The minimum Gasteiger partial charge on any atom is -0.244 e. The van der Waals surface area contributed by atoms with Gasteiger partial charge in [0.15, 0.2) is 0 Å². The molecule has 0 atom stereocenters. The number of rotatable bonds is 1. The molecule has 1 aliphatic rings. The molecule has 1 nitrogen and oxygen atoms in total. The Morgan fingerprint density at radius 1 is 1.44 bits per heavy atom. The summed E-state index contributed by atoms with van der Waals surface area (Å²) in [6, 6.07) is 1.00. The van der Waals surface area contributed by atoms with E-state index in [1.165, 1.54) is 0 Å². The standard InChI is InChI=1S/C11H7ClF3N/c1-2-10(3-4-10)8-5-7(11(13,14)15)6-16-9(8)12/h1,5-6H,3-4H2. The molecule has 0 unspecified atom stereocenters. The zero-order valence-corrected chi connectivity index (χ0v) is 8.86. The molecule has 1 saturated carbocycles. The topological polar surface area (TPSA) is 12.9 Å². The number of hydrogen-bond acceptors (Lipinski definition) is 1. The van der Waals surface area contributed by atoms with Crippen molar-refractivity contribution in [1.82, 2.24) is 4.98 Å². The maximum atomic E-state index is 12.5. The molecule has 1 aliphatic carbocycles. The minimum atomic E-state index is -4.42. The smallest absolute Gasteiger partial charge is 0.244 e. The number of hydrogen-bond donors (Lipinski definition) is 0. The molecule has 1 aromatic heterocycles. The van der Waals surface area contributed by atoms with Gasteiger partial charge >= 0.3 is 6.18 Å². The van der Waals surface area contributed by atoms with E-state index in [9.17, 15) is 13.2 Å². The molecule has 2 rings (SSSR count). The lowest BCUT2D eigenvalue weighted by atomic mass is 9.97. The second kappa shape index (κ2) is 3.39. The molecule has 0 spiro atoms. The lowest BCUT2D eigenvalue weighted by Gasteiger charge is -2.13. The van der Waals surface area contributed by atoms with Crippen molar-refractivity contribution < 1.29 is 13.2 Å². The highest BCUT2D eigenvalue weighted by Crippen LogP contribution is 2.50. The molecule has 0 radical (unpaired) electrons. The first-order valence-electron chi connectivity index (χ1n) is 4.60. The molecule has 1 aromatic rings. The van der Waals surface area contributed by atoms with E-state index in [2.05, 4.69) is 10.9 Å². The van der Waals surface area contributed by atoms with Crippen LogP contribution in [0.3, 0.4) is 0 Å². The van der Waals surface area contributed by atoms with Crippen LogP contribution in [0.2, 0.25) is 5.15 Å². The van der Waals surface area contributed by atoms with Crippen LogP contribution >= 0.6 is 11.6 Å². The maximum Gasteiger partial charge on any atom is 0.417 e. The van der Waals surface area contributed by atoms with Gasteiger partial charge in [-0.2, -0.15) is 13.2 Å². The van der Waals surface area contributed by atoms with Crippen LogP contribution in [-0.4, -0.2) is 4.98 Å². The van der Waals surface area contributed by atoms with E-state index in [0.717, 1.165) is 12.3 Å². The summed E-state index contributed by atoms with van der Waals surface area (Å²) in [4.78, 5) is 3.55. The molecule has 1 heterocycles. The van der Waals surface area contributed by atoms with Crippen LogP contribution in [0.5, 0.6) is 0 Å². The number of halogens is 4. The lowest BCUT2D eigenvalue weighted by molar-refractivity contribution is -0.137. The highest BCUT2D eigenvalue weighted by atomic mass is 35.5. The summed E-state index contributed by atoms with van der Waals surface area (Å²) < 4.78 is 37.4.